The van der Waals surface area contributed by atoms with Crippen LogP contribution in [0.2, 0.25) is 0 Å². The molecule has 2 atom stereocenters. The lowest BCUT2D eigenvalue weighted by Crippen LogP contribution is -2.40. The summed E-state index contributed by atoms with van der Waals surface area (Å²) >= 11 is 0. The number of aryl methyl sites for hydroxylation is 3. The van der Waals surface area contributed by atoms with E-state index in [1.165, 1.54) is 30.4 Å². The smallest absolute Gasteiger partial charge is 0.333 e. The molecule has 0 amide bonds. The maximum atomic E-state index is 12.0. The van der Waals surface area contributed by atoms with Crippen LogP contribution >= 0.6 is 0 Å². The van der Waals surface area contributed by atoms with Gasteiger partial charge in [-0.1, -0.05) is 101 Å². The van der Waals surface area contributed by atoms with Gasteiger partial charge in [0.2, 0.25) is 0 Å². The molecule has 1 aliphatic rings. The van der Waals surface area contributed by atoms with E-state index >= 15 is 0 Å². The third-order valence-corrected chi connectivity index (χ3v) is 10.7. The first kappa shape index (κ1) is 44.8. The zero-order valence-electron chi connectivity index (χ0n) is 34.4. The van der Waals surface area contributed by atoms with Crippen molar-refractivity contribution in [1.82, 2.24) is 0 Å². The normalized spacial score (nSPS) is 15.2. The minimum Gasteiger partial charge on any atom is -0.493 e. The van der Waals surface area contributed by atoms with Gasteiger partial charge in [-0.25, -0.2) is 4.79 Å². The molecule has 0 aromatic heterocycles. The van der Waals surface area contributed by atoms with E-state index in [-0.39, 0.29) is 38.8 Å². The third-order valence-electron chi connectivity index (χ3n) is 10.7. The summed E-state index contributed by atoms with van der Waals surface area (Å²) in [6, 6.07) is 21.5. The molecule has 3 aromatic carbocycles. The number of carbonyl (C=O) groups is 1. The number of aliphatic hydroxyl groups excluding tert-OH is 2. The first-order valence-electron chi connectivity index (χ1n) is 20.7. The van der Waals surface area contributed by atoms with E-state index in [0.29, 0.717) is 37.4 Å². The van der Waals surface area contributed by atoms with Crippen LogP contribution in [0.5, 0.6) is 11.5 Å². The second kappa shape index (κ2) is 23.3. The molecule has 306 valence electrons. The van der Waals surface area contributed by atoms with E-state index in [1.807, 2.05) is 19.1 Å². The Kier molecular flexibility index (Phi) is 18.6. The molecule has 4 rings (SSSR count). The second-order valence-electron chi connectivity index (χ2n) is 15.5. The predicted octanol–water partition coefficient (Wildman–Crippen LogP) is 9.55. The van der Waals surface area contributed by atoms with Crippen molar-refractivity contribution < 1.29 is 38.7 Å². The van der Waals surface area contributed by atoms with Gasteiger partial charge < -0.3 is 33.9 Å². The zero-order valence-corrected chi connectivity index (χ0v) is 34.4. The molecule has 0 saturated carbocycles. The van der Waals surface area contributed by atoms with Crippen LogP contribution in [0.15, 0.2) is 85.0 Å². The molecule has 56 heavy (non-hydrogen) atoms. The van der Waals surface area contributed by atoms with Crippen molar-refractivity contribution in [2.75, 3.05) is 39.6 Å². The molecule has 1 aliphatic heterocycles. The van der Waals surface area contributed by atoms with E-state index in [9.17, 15) is 15.0 Å². The summed E-state index contributed by atoms with van der Waals surface area (Å²) in [6.07, 6.45) is 11.0. The fourth-order valence-corrected chi connectivity index (χ4v) is 6.81. The van der Waals surface area contributed by atoms with Crippen molar-refractivity contribution in [2.24, 2.45) is 5.41 Å². The van der Waals surface area contributed by atoms with Crippen LogP contribution in [0, 0.1) is 5.41 Å². The Balaban J connectivity index is 1.55. The van der Waals surface area contributed by atoms with Crippen molar-refractivity contribution >= 4 is 5.97 Å². The molecule has 8 heteroatoms. The number of carbonyl (C=O) groups excluding carboxylic acids is 1. The number of rotatable bonds is 27. The molecule has 0 aliphatic carbocycles. The Morgan fingerprint density at radius 3 is 2.07 bits per heavy atom. The number of hydrogen-bond acceptors (Lipinski definition) is 8. The van der Waals surface area contributed by atoms with Crippen LogP contribution in [-0.4, -0.2) is 68.2 Å². The Bertz CT molecular complexity index is 1670. The van der Waals surface area contributed by atoms with Gasteiger partial charge in [0.05, 0.1) is 32.5 Å². The van der Waals surface area contributed by atoms with Gasteiger partial charge >= 0.3 is 5.97 Å². The molecular weight excluding hydrogens is 705 g/mol. The average molecular weight is 771 g/mol. The topological polar surface area (TPSA) is 104 Å². The average Bonchev–Trinajstić information content (AvgIpc) is 3.18. The summed E-state index contributed by atoms with van der Waals surface area (Å²) in [4.78, 5) is 12.0. The first-order valence-corrected chi connectivity index (χ1v) is 20.7. The van der Waals surface area contributed by atoms with Crippen molar-refractivity contribution in [3.63, 3.8) is 0 Å². The van der Waals surface area contributed by atoms with E-state index in [1.54, 1.807) is 6.92 Å². The number of unbranched alkanes of at least 4 members (excludes halogenated alkanes) is 3. The number of benzene rings is 3. The molecule has 1 fully saturated rings. The molecule has 2 N–H and O–H groups in total. The van der Waals surface area contributed by atoms with Gasteiger partial charge in [0.25, 0.3) is 0 Å². The molecule has 0 radical (unpaired) electrons. The number of hydrogen-bond donors (Lipinski definition) is 2. The maximum absolute atomic E-state index is 12.0. The molecule has 8 nitrogen and oxygen atoms in total. The van der Waals surface area contributed by atoms with Gasteiger partial charge in [-0.05, 0) is 105 Å². The predicted molar refractivity (Wildman–Crippen MR) is 224 cm³/mol. The lowest BCUT2D eigenvalue weighted by Gasteiger charge is -2.36. The van der Waals surface area contributed by atoms with Gasteiger partial charge in [0.1, 0.15) is 24.7 Å². The van der Waals surface area contributed by atoms with E-state index in [0.717, 1.165) is 78.5 Å². The van der Waals surface area contributed by atoms with Gasteiger partial charge in [0.15, 0.2) is 6.29 Å². The highest BCUT2D eigenvalue weighted by atomic mass is 16.7. The maximum Gasteiger partial charge on any atom is 0.333 e. The Morgan fingerprint density at radius 2 is 1.41 bits per heavy atom. The number of ether oxygens (including phenoxy) is 5. The molecule has 1 heterocycles. The van der Waals surface area contributed by atoms with Gasteiger partial charge in [-0.15, -0.1) is 0 Å². The first-order chi connectivity index (χ1) is 27.1. The van der Waals surface area contributed by atoms with Gasteiger partial charge in [-0.2, -0.15) is 0 Å². The molecular formula is C48H66O8. The fraction of sp³-hybridized carbons (Fsp3) is 0.521. The molecule has 1 saturated heterocycles. The van der Waals surface area contributed by atoms with Crippen LogP contribution < -0.4 is 9.47 Å². The van der Waals surface area contributed by atoms with Crippen LogP contribution in [0.3, 0.4) is 0 Å². The number of esters is 1. The van der Waals surface area contributed by atoms with Gasteiger partial charge in [-0.3, -0.25) is 0 Å². The highest BCUT2D eigenvalue weighted by Gasteiger charge is 2.31. The van der Waals surface area contributed by atoms with Crippen LogP contribution in [0.4, 0.5) is 0 Å². The molecule has 0 bridgehead atoms. The summed E-state index contributed by atoms with van der Waals surface area (Å²) in [5.74, 6) is 0.995. The van der Waals surface area contributed by atoms with Gasteiger partial charge in [0, 0.05) is 23.0 Å². The summed E-state index contributed by atoms with van der Waals surface area (Å²) in [5, 5.41) is 20.4. The zero-order chi connectivity index (χ0) is 40.3. The largest absolute Gasteiger partial charge is 0.493 e. The molecule has 3 aromatic rings. The van der Waals surface area contributed by atoms with Crippen LogP contribution in [0.25, 0.3) is 11.1 Å². The van der Waals surface area contributed by atoms with Crippen molar-refractivity contribution in [1.29, 1.82) is 0 Å². The monoisotopic (exact) mass is 770 g/mol. The summed E-state index contributed by atoms with van der Waals surface area (Å²) in [6.45, 7) is 16.5. The second-order valence-corrected chi connectivity index (χ2v) is 15.5. The standard InChI is InChI=1S/C48H66O8/c1-7-9-11-12-37-13-15-38(16-14-37)17-18-39-19-21-42(45(30-39)53-28-29-55-47(51)36(5)6)40-20-22-43(52-27-25-48(33-49,34-50)24-10-8-2)41(31-40)23-26-54-46-32-44(56-46)35(3)4/h13-16,19-22,30-31,44,46,49-50H,3,5,7-12,17-18,23-29,32-34H2,1-2,4,6H3. The van der Waals surface area contributed by atoms with Crippen molar-refractivity contribution in [3.8, 4) is 22.6 Å². The molecule has 2 unspecified atom stereocenters. The Hall–Kier alpha value is -3.95. The van der Waals surface area contributed by atoms with E-state index < -0.39 is 11.4 Å². The third kappa shape index (κ3) is 13.9. The Morgan fingerprint density at radius 1 is 0.750 bits per heavy atom. The molecule has 0 spiro atoms. The van der Waals surface area contributed by atoms with Crippen LogP contribution in [-0.2, 0) is 44.7 Å². The van der Waals surface area contributed by atoms with Crippen molar-refractivity contribution in [3.05, 3.63) is 107 Å². The lowest BCUT2D eigenvalue weighted by molar-refractivity contribution is -0.244. The quantitative estimate of drug-likeness (QED) is 0.0342. The fourth-order valence-electron chi connectivity index (χ4n) is 6.81. The number of aliphatic hydroxyl groups is 2. The Labute approximate surface area is 335 Å². The highest BCUT2D eigenvalue weighted by Crippen LogP contribution is 2.36. The van der Waals surface area contributed by atoms with Crippen LogP contribution in [0.1, 0.15) is 101 Å². The minimum absolute atomic E-state index is 0.0415. The lowest BCUT2D eigenvalue weighted by atomic mass is 9.81. The van der Waals surface area contributed by atoms with E-state index in [2.05, 4.69) is 75.5 Å². The highest BCUT2D eigenvalue weighted by molar-refractivity contribution is 5.86. The summed E-state index contributed by atoms with van der Waals surface area (Å²) in [7, 11) is 0. The summed E-state index contributed by atoms with van der Waals surface area (Å²) in [5.41, 5.74) is 7.44. The minimum atomic E-state index is -0.578. The SMILES string of the molecule is C=C(C)C(=O)OCCOc1cc(CCc2ccc(CCCCC)cc2)ccc1-c1ccc(OCCC(CO)(CO)CCCC)c(CCOC2CC(C(=C)C)O2)c1. The van der Waals surface area contributed by atoms with Crippen molar-refractivity contribution in [2.45, 2.75) is 117 Å². The summed E-state index contributed by atoms with van der Waals surface area (Å²) < 4.78 is 30.0. The van der Waals surface area contributed by atoms with E-state index in [4.69, 9.17) is 23.7 Å².